The van der Waals surface area contributed by atoms with Gasteiger partial charge in [-0.05, 0) is 24.5 Å². The van der Waals surface area contributed by atoms with E-state index in [2.05, 4.69) is 0 Å². The fourth-order valence-electron chi connectivity index (χ4n) is 1.63. The maximum atomic E-state index is 11.7. The van der Waals surface area contributed by atoms with Crippen LogP contribution in [0, 0.1) is 16.0 Å². The van der Waals surface area contributed by atoms with Gasteiger partial charge in [-0.3, -0.25) is 10.1 Å². The van der Waals surface area contributed by atoms with Crippen molar-refractivity contribution in [2.75, 3.05) is 6.61 Å². The van der Waals surface area contributed by atoms with Gasteiger partial charge < -0.3 is 4.74 Å². The minimum Gasteiger partial charge on any atom is -0.462 e. The molecule has 2 rings (SSSR count). The molecule has 0 saturated heterocycles. The third-order valence-corrected chi connectivity index (χ3v) is 3.07. The van der Waals surface area contributed by atoms with Gasteiger partial charge in [-0.2, -0.15) is 0 Å². The largest absolute Gasteiger partial charge is 0.462 e. The highest BCUT2D eigenvalue weighted by Gasteiger charge is 2.24. The molecule has 0 bridgehead atoms. The molecule has 6 heteroatoms. The first-order chi connectivity index (χ1) is 8.58. The third kappa shape index (κ3) is 3.20. The van der Waals surface area contributed by atoms with E-state index in [0.29, 0.717) is 12.5 Å². The summed E-state index contributed by atoms with van der Waals surface area (Å²) in [6.45, 7) is 0.299. The predicted molar refractivity (Wildman–Crippen MR) is 65.7 cm³/mol. The normalized spacial score (nSPS) is 14.3. The van der Waals surface area contributed by atoms with Crippen LogP contribution in [0.3, 0.4) is 0 Å². The van der Waals surface area contributed by atoms with Crippen LogP contribution >= 0.6 is 11.6 Å². The lowest BCUT2D eigenvalue weighted by Gasteiger charge is -2.05. The molecule has 1 aliphatic carbocycles. The van der Waals surface area contributed by atoms with Crippen LogP contribution in [0.5, 0.6) is 0 Å². The Labute approximate surface area is 109 Å². The number of hydrogen-bond acceptors (Lipinski definition) is 4. The van der Waals surface area contributed by atoms with Crippen molar-refractivity contribution in [3.8, 4) is 0 Å². The van der Waals surface area contributed by atoms with Gasteiger partial charge in [0.15, 0.2) is 0 Å². The van der Waals surface area contributed by atoms with Gasteiger partial charge in [0.2, 0.25) is 0 Å². The van der Waals surface area contributed by atoms with Gasteiger partial charge in [-0.1, -0.05) is 24.4 Å². The van der Waals surface area contributed by atoms with Crippen molar-refractivity contribution in [3.63, 3.8) is 0 Å². The molecule has 0 amide bonds. The second-order valence-corrected chi connectivity index (χ2v) is 4.72. The Morgan fingerprint density at radius 2 is 2.22 bits per heavy atom. The van der Waals surface area contributed by atoms with Crippen LogP contribution in [-0.4, -0.2) is 17.5 Å². The van der Waals surface area contributed by atoms with Gasteiger partial charge in [-0.25, -0.2) is 4.79 Å². The Morgan fingerprint density at radius 3 is 2.83 bits per heavy atom. The van der Waals surface area contributed by atoms with Crippen LogP contribution in [0.2, 0.25) is 5.02 Å². The van der Waals surface area contributed by atoms with E-state index in [1.807, 2.05) is 0 Å². The minimum absolute atomic E-state index is 0.0942. The van der Waals surface area contributed by atoms with Crippen LogP contribution in [0.25, 0.3) is 0 Å². The highest BCUT2D eigenvalue weighted by molar-refractivity contribution is 6.31. The molecule has 0 spiro atoms. The summed E-state index contributed by atoms with van der Waals surface area (Å²) in [5.41, 5.74) is -0.376. The second-order valence-electron chi connectivity index (χ2n) is 4.29. The number of benzene rings is 1. The number of nitro groups is 1. The molecule has 0 radical (unpaired) electrons. The summed E-state index contributed by atoms with van der Waals surface area (Å²) in [6, 6.07) is 3.85. The lowest BCUT2D eigenvalue weighted by atomic mass is 10.2. The monoisotopic (exact) mass is 269 g/mol. The maximum Gasteiger partial charge on any atom is 0.345 e. The van der Waals surface area contributed by atoms with E-state index in [1.165, 1.54) is 31.0 Å². The van der Waals surface area contributed by atoms with Gasteiger partial charge in [0.1, 0.15) is 5.56 Å². The van der Waals surface area contributed by atoms with E-state index < -0.39 is 10.9 Å². The summed E-state index contributed by atoms with van der Waals surface area (Å²) < 4.78 is 5.02. The molecule has 1 fully saturated rings. The molecule has 0 N–H and O–H groups in total. The minimum atomic E-state index is -0.690. The number of rotatable bonds is 5. The summed E-state index contributed by atoms with van der Waals surface area (Å²) in [5.74, 6) is -0.0444. The molecule has 0 aromatic heterocycles. The highest BCUT2D eigenvalue weighted by Crippen LogP contribution is 2.32. The fourth-order valence-corrected chi connectivity index (χ4v) is 1.81. The zero-order chi connectivity index (χ0) is 13.1. The van der Waals surface area contributed by atoms with Gasteiger partial charge in [0.25, 0.3) is 5.69 Å². The summed E-state index contributed by atoms with van der Waals surface area (Å²) >= 11 is 5.73. The fraction of sp³-hybridized carbons (Fsp3) is 0.417. The number of nitrogens with zero attached hydrogens (tertiary/aromatic N) is 1. The van der Waals surface area contributed by atoms with E-state index in [1.54, 1.807) is 0 Å². The molecule has 1 aliphatic rings. The van der Waals surface area contributed by atoms with Crippen molar-refractivity contribution in [2.45, 2.75) is 19.3 Å². The number of ether oxygens (including phenoxy) is 1. The van der Waals surface area contributed by atoms with Crippen molar-refractivity contribution in [1.82, 2.24) is 0 Å². The topological polar surface area (TPSA) is 69.4 Å². The molecular weight excluding hydrogens is 258 g/mol. The Bertz CT molecular complexity index is 485. The average Bonchev–Trinajstić information content (AvgIpc) is 3.12. The van der Waals surface area contributed by atoms with Gasteiger partial charge in [-0.15, -0.1) is 0 Å². The molecule has 0 aliphatic heterocycles. The molecule has 0 heterocycles. The average molecular weight is 270 g/mol. The summed E-state index contributed by atoms with van der Waals surface area (Å²) in [5, 5.41) is 11.1. The van der Waals surface area contributed by atoms with Crippen molar-refractivity contribution in [1.29, 1.82) is 0 Å². The van der Waals surface area contributed by atoms with Crippen LogP contribution in [0.4, 0.5) is 5.69 Å². The number of hydrogen-bond donors (Lipinski definition) is 0. The first kappa shape index (κ1) is 12.8. The van der Waals surface area contributed by atoms with Gasteiger partial charge in [0, 0.05) is 11.1 Å². The van der Waals surface area contributed by atoms with Crippen molar-refractivity contribution >= 4 is 23.3 Å². The maximum absolute atomic E-state index is 11.7. The van der Waals surface area contributed by atoms with Crippen LogP contribution < -0.4 is 0 Å². The summed E-state index contributed by atoms with van der Waals surface area (Å²) in [7, 11) is 0. The van der Waals surface area contributed by atoms with E-state index in [-0.39, 0.29) is 16.3 Å². The molecule has 0 atom stereocenters. The van der Waals surface area contributed by atoms with Crippen molar-refractivity contribution in [3.05, 3.63) is 38.9 Å². The number of halogens is 1. The van der Waals surface area contributed by atoms with Gasteiger partial charge in [0.05, 0.1) is 11.5 Å². The predicted octanol–water partition coefficient (Wildman–Crippen LogP) is 3.21. The standard InChI is InChI=1S/C12H12ClNO4/c13-9-3-4-11(14(16)17)10(7-9)12(15)18-6-5-8-1-2-8/h3-4,7-8H,1-2,5-6H2. The number of carbonyl (C=O) groups excluding carboxylic acids is 1. The highest BCUT2D eigenvalue weighted by atomic mass is 35.5. The van der Waals surface area contributed by atoms with Crippen LogP contribution in [0.1, 0.15) is 29.6 Å². The molecule has 18 heavy (non-hydrogen) atoms. The first-order valence-corrected chi connectivity index (χ1v) is 6.07. The summed E-state index contributed by atoms with van der Waals surface area (Å²) in [6.07, 6.45) is 3.17. The molecule has 1 aromatic carbocycles. The smallest absolute Gasteiger partial charge is 0.345 e. The van der Waals surface area contributed by atoms with E-state index in [9.17, 15) is 14.9 Å². The lowest BCUT2D eigenvalue weighted by molar-refractivity contribution is -0.385. The van der Waals surface area contributed by atoms with E-state index in [4.69, 9.17) is 16.3 Å². The van der Waals surface area contributed by atoms with Crippen LogP contribution in [-0.2, 0) is 4.74 Å². The Morgan fingerprint density at radius 1 is 1.50 bits per heavy atom. The molecular formula is C12H12ClNO4. The Hall–Kier alpha value is -1.62. The molecule has 1 aromatic rings. The van der Waals surface area contributed by atoms with Gasteiger partial charge >= 0.3 is 5.97 Å². The van der Waals surface area contributed by atoms with Crippen molar-refractivity contribution in [2.24, 2.45) is 5.92 Å². The number of carbonyl (C=O) groups is 1. The molecule has 96 valence electrons. The number of nitro benzene ring substituents is 1. The zero-order valence-corrected chi connectivity index (χ0v) is 10.4. The Kier molecular flexibility index (Phi) is 3.81. The SMILES string of the molecule is O=C(OCCC1CC1)c1cc(Cl)ccc1[N+](=O)[O-]. The molecule has 5 nitrogen and oxygen atoms in total. The molecule has 0 unspecified atom stereocenters. The van der Waals surface area contributed by atoms with E-state index >= 15 is 0 Å². The summed E-state index contributed by atoms with van der Waals surface area (Å²) in [4.78, 5) is 21.9. The van der Waals surface area contributed by atoms with E-state index in [0.717, 1.165) is 6.42 Å². The first-order valence-electron chi connectivity index (χ1n) is 5.69. The van der Waals surface area contributed by atoms with Crippen LogP contribution in [0.15, 0.2) is 18.2 Å². The third-order valence-electron chi connectivity index (χ3n) is 2.83. The zero-order valence-electron chi connectivity index (χ0n) is 9.60. The molecule has 1 saturated carbocycles. The quantitative estimate of drug-likeness (QED) is 0.467. The Balaban J connectivity index is 2.06. The van der Waals surface area contributed by atoms with Crippen molar-refractivity contribution < 1.29 is 14.5 Å². The number of esters is 1. The second kappa shape index (κ2) is 5.35. The lowest BCUT2D eigenvalue weighted by Crippen LogP contribution is -2.09.